The van der Waals surface area contributed by atoms with Crippen molar-refractivity contribution < 1.29 is 37.3 Å². The van der Waals surface area contributed by atoms with E-state index in [2.05, 4.69) is 135 Å². The molecule has 0 rings (SSSR count). The molecule has 0 saturated heterocycles. The highest BCUT2D eigenvalue weighted by atomic mass is 31.2. The van der Waals surface area contributed by atoms with Crippen LogP contribution >= 0.6 is 7.82 Å². The van der Waals surface area contributed by atoms with Crippen LogP contribution in [0.4, 0.5) is 0 Å². The fraction of sp³-hybridized carbons (Fsp3) is 0.642. The maximum atomic E-state index is 13.5. The molecule has 0 heterocycles. The third kappa shape index (κ3) is 56.7. The fourth-order valence-electron chi connectivity index (χ4n) is 7.88. The van der Waals surface area contributed by atoms with Gasteiger partial charge in [-0.15, -0.1) is 0 Å². The van der Waals surface area contributed by atoms with E-state index in [4.69, 9.17) is 13.8 Å². The Morgan fingerprint density at radius 2 is 0.844 bits per heavy atom. The van der Waals surface area contributed by atoms with Crippen molar-refractivity contribution in [3.8, 4) is 0 Å². The fourth-order valence-corrected chi connectivity index (χ4v) is 8.60. The van der Waals surface area contributed by atoms with Gasteiger partial charge < -0.3 is 28.5 Å². The number of carbonyl (C=O) groups excluding carboxylic acids is 2. The SMILES string of the molecule is CC/C=C\C/C=C\C/C=C\C/C=C\C/C=C\C/C=C\CCC(=O)NC(COP(=O)([O-])OCC[N+](C)(C)C)C(/C=C/CCCCCCCCCCC)OC(=O)CCCCCCC/C=C\C/C=C\C/C=C\C/C=C\CCCCC. The van der Waals surface area contributed by atoms with Crippen molar-refractivity contribution >= 4 is 19.7 Å². The van der Waals surface area contributed by atoms with Gasteiger partial charge in [-0.05, 0) is 115 Å². The predicted molar refractivity (Wildman–Crippen MR) is 330 cm³/mol. The van der Waals surface area contributed by atoms with Crippen LogP contribution in [0.25, 0.3) is 0 Å². The zero-order chi connectivity index (χ0) is 56.4. The number of phosphoric ester groups is 1. The average molecular weight is 1090 g/mol. The Kier molecular flexibility index (Phi) is 52.7. The standard InChI is InChI=1S/C67H113N2O7P/c1-7-10-13-16-19-22-25-27-29-31-33-34-36-38-40-42-45-48-51-54-57-60-67(71)76-65(58-55-52-49-46-43-24-21-18-15-12-9-3)64(63-75-77(72,73)74-62-61-69(4,5)6)68-66(70)59-56-53-50-47-44-41-39-37-35-32-30-28-26-23-20-17-14-11-8-2/h11,14,19-20,22-23,27-30,33-35,37-38,40-41,44,50,53,55,58,64-65H,7-10,12-13,15-18,21,24-26,31-32,36,39,42-43,45-49,51-52,54,56-57,59-63H2,1-6H3,(H-,68,70,72,73)/b14-11-,22-19-,23-20-,29-27-,30-28-,34-33-,37-35-,40-38-,44-41-,53-50-,58-55+. The largest absolute Gasteiger partial charge is 0.756 e. The summed E-state index contributed by atoms with van der Waals surface area (Å²) in [6.45, 7) is 6.60. The molecule has 0 aliphatic carbocycles. The van der Waals surface area contributed by atoms with E-state index in [-0.39, 0.29) is 31.3 Å². The molecule has 438 valence electrons. The lowest BCUT2D eigenvalue weighted by Gasteiger charge is -2.30. The van der Waals surface area contributed by atoms with Crippen LogP contribution in [0.15, 0.2) is 134 Å². The molecule has 0 aromatic rings. The first kappa shape index (κ1) is 73.2. The minimum Gasteiger partial charge on any atom is -0.756 e. The summed E-state index contributed by atoms with van der Waals surface area (Å²) in [7, 11) is 1.11. The summed E-state index contributed by atoms with van der Waals surface area (Å²) in [5.74, 6) is -0.671. The number of quaternary nitrogens is 1. The Labute approximate surface area is 473 Å². The number of nitrogens with zero attached hydrogens (tertiary/aromatic N) is 1. The van der Waals surface area contributed by atoms with Crippen LogP contribution in [0.3, 0.4) is 0 Å². The maximum absolute atomic E-state index is 13.5. The first-order chi connectivity index (χ1) is 37.4. The lowest BCUT2D eigenvalue weighted by Crippen LogP contribution is -2.47. The van der Waals surface area contributed by atoms with E-state index < -0.39 is 26.6 Å². The minimum atomic E-state index is -4.73. The zero-order valence-electron chi connectivity index (χ0n) is 49.9. The Bertz CT molecular complexity index is 1780. The Balaban J connectivity index is 5.40. The summed E-state index contributed by atoms with van der Waals surface area (Å²) in [4.78, 5) is 39.9. The van der Waals surface area contributed by atoms with Crippen molar-refractivity contribution in [2.24, 2.45) is 0 Å². The van der Waals surface area contributed by atoms with Crippen molar-refractivity contribution in [2.45, 2.75) is 238 Å². The van der Waals surface area contributed by atoms with Gasteiger partial charge in [0.25, 0.3) is 7.82 Å². The van der Waals surface area contributed by atoms with Crippen molar-refractivity contribution in [2.75, 3.05) is 40.9 Å². The van der Waals surface area contributed by atoms with Crippen LogP contribution < -0.4 is 10.2 Å². The molecule has 0 bridgehead atoms. The highest BCUT2D eigenvalue weighted by Crippen LogP contribution is 2.38. The van der Waals surface area contributed by atoms with Gasteiger partial charge >= 0.3 is 5.97 Å². The normalized spacial score (nSPS) is 14.6. The first-order valence-electron chi connectivity index (χ1n) is 30.5. The summed E-state index contributed by atoms with van der Waals surface area (Å²) in [6.07, 6.45) is 78.7. The molecule has 0 aliphatic heterocycles. The molecule has 0 aliphatic rings. The molecule has 0 saturated carbocycles. The highest BCUT2D eigenvalue weighted by molar-refractivity contribution is 7.45. The van der Waals surface area contributed by atoms with E-state index in [9.17, 15) is 19.0 Å². The van der Waals surface area contributed by atoms with E-state index >= 15 is 0 Å². The highest BCUT2D eigenvalue weighted by Gasteiger charge is 2.27. The number of rotatable bonds is 53. The van der Waals surface area contributed by atoms with Gasteiger partial charge in [-0.25, -0.2) is 0 Å². The number of carbonyl (C=O) groups is 2. The van der Waals surface area contributed by atoms with Gasteiger partial charge in [-0.1, -0.05) is 232 Å². The molecule has 0 spiro atoms. The molecule has 77 heavy (non-hydrogen) atoms. The van der Waals surface area contributed by atoms with Crippen molar-refractivity contribution in [3.63, 3.8) is 0 Å². The van der Waals surface area contributed by atoms with Crippen LogP contribution in [0, 0.1) is 0 Å². The molecule has 9 nitrogen and oxygen atoms in total. The van der Waals surface area contributed by atoms with E-state index in [1.54, 1.807) is 6.08 Å². The second-order valence-corrected chi connectivity index (χ2v) is 22.5. The first-order valence-corrected chi connectivity index (χ1v) is 32.0. The monoisotopic (exact) mass is 1090 g/mol. The number of unbranched alkanes of at least 4 members (excludes halogenated alkanes) is 17. The van der Waals surface area contributed by atoms with E-state index in [0.29, 0.717) is 23.9 Å². The van der Waals surface area contributed by atoms with E-state index in [1.165, 1.54) is 70.6 Å². The van der Waals surface area contributed by atoms with Gasteiger partial charge in [0.15, 0.2) is 0 Å². The molecular formula is C67H113N2O7P. The number of hydrogen-bond donors (Lipinski definition) is 1. The van der Waals surface area contributed by atoms with Crippen LogP contribution in [0.2, 0.25) is 0 Å². The van der Waals surface area contributed by atoms with Gasteiger partial charge in [-0.3, -0.25) is 14.2 Å². The third-order valence-corrected chi connectivity index (χ3v) is 13.5. The van der Waals surface area contributed by atoms with Crippen LogP contribution in [-0.4, -0.2) is 69.4 Å². The van der Waals surface area contributed by atoms with E-state index in [0.717, 1.165) is 109 Å². The molecule has 0 aromatic carbocycles. The molecule has 1 N–H and O–H groups in total. The van der Waals surface area contributed by atoms with Crippen molar-refractivity contribution in [1.29, 1.82) is 0 Å². The van der Waals surface area contributed by atoms with Crippen molar-refractivity contribution in [1.82, 2.24) is 5.32 Å². The van der Waals surface area contributed by atoms with Crippen molar-refractivity contribution in [3.05, 3.63) is 134 Å². The molecule has 0 fully saturated rings. The van der Waals surface area contributed by atoms with Crippen LogP contribution in [0.5, 0.6) is 0 Å². The number of esters is 1. The second-order valence-electron chi connectivity index (χ2n) is 21.1. The molecule has 10 heteroatoms. The summed E-state index contributed by atoms with van der Waals surface area (Å²) < 4.78 is 30.2. The number of nitrogens with one attached hydrogen (secondary N) is 1. The minimum absolute atomic E-state index is 0.0468. The number of allylic oxidation sites excluding steroid dienone is 21. The lowest BCUT2D eigenvalue weighted by atomic mass is 10.1. The van der Waals surface area contributed by atoms with Gasteiger partial charge in [0.2, 0.25) is 5.91 Å². The number of amides is 1. The number of hydrogen-bond acceptors (Lipinski definition) is 7. The Morgan fingerprint density at radius 3 is 1.30 bits per heavy atom. The summed E-state index contributed by atoms with van der Waals surface area (Å²) in [5.41, 5.74) is 0. The van der Waals surface area contributed by atoms with Gasteiger partial charge in [0.05, 0.1) is 33.8 Å². The molecule has 0 radical (unpaired) electrons. The predicted octanol–water partition coefficient (Wildman–Crippen LogP) is 18.3. The zero-order valence-corrected chi connectivity index (χ0v) is 50.8. The maximum Gasteiger partial charge on any atom is 0.306 e. The smallest absolute Gasteiger partial charge is 0.306 e. The van der Waals surface area contributed by atoms with Crippen LogP contribution in [0.1, 0.15) is 226 Å². The topological polar surface area (TPSA) is 114 Å². The van der Waals surface area contributed by atoms with E-state index in [1.807, 2.05) is 39.4 Å². The molecule has 0 aromatic heterocycles. The van der Waals surface area contributed by atoms with Crippen LogP contribution in [-0.2, 0) is 27.9 Å². The van der Waals surface area contributed by atoms with Gasteiger partial charge in [0, 0.05) is 12.8 Å². The summed E-state index contributed by atoms with van der Waals surface area (Å²) >= 11 is 0. The molecule has 3 atom stereocenters. The number of likely N-dealkylation sites (N-methyl/N-ethyl adjacent to an activating group) is 1. The lowest BCUT2D eigenvalue weighted by molar-refractivity contribution is -0.870. The molecular weight excluding hydrogens is 976 g/mol. The number of phosphoric acid groups is 1. The van der Waals surface area contributed by atoms with Gasteiger partial charge in [-0.2, -0.15) is 0 Å². The average Bonchev–Trinajstić information content (AvgIpc) is 3.39. The third-order valence-electron chi connectivity index (χ3n) is 12.6. The molecule has 1 amide bonds. The molecule has 3 unspecified atom stereocenters. The number of ether oxygens (including phenoxy) is 1. The quantitative estimate of drug-likeness (QED) is 0.0212. The Hall–Kier alpha value is -3.85. The summed E-state index contributed by atoms with van der Waals surface area (Å²) in [5, 5.41) is 2.96. The second kappa shape index (κ2) is 55.5. The van der Waals surface area contributed by atoms with Gasteiger partial charge in [0.1, 0.15) is 19.3 Å². The summed E-state index contributed by atoms with van der Waals surface area (Å²) in [6, 6.07) is -0.946. The Morgan fingerprint density at radius 1 is 0.468 bits per heavy atom.